The lowest BCUT2D eigenvalue weighted by Gasteiger charge is -2.37. The van der Waals surface area contributed by atoms with Crippen molar-refractivity contribution in [1.82, 2.24) is 15.1 Å². The smallest absolute Gasteiger partial charge is 0.251 e. The normalized spacial score (nSPS) is 15.0. The van der Waals surface area contributed by atoms with Crippen molar-refractivity contribution in [3.05, 3.63) is 71.5 Å². The van der Waals surface area contributed by atoms with Crippen molar-refractivity contribution in [2.24, 2.45) is 5.92 Å². The predicted octanol–water partition coefficient (Wildman–Crippen LogP) is 3.66. The number of likely N-dealkylation sites (N-methyl/N-ethyl adjacent to an activating group) is 1. The Labute approximate surface area is 201 Å². The minimum absolute atomic E-state index is 0.0735. The molecule has 0 radical (unpaired) electrons. The number of carbonyl (C=O) groups excluding carboxylic acids is 3. The molecular formula is C27H34FN3O3. The first-order valence-electron chi connectivity index (χ1n) is 12.1. The molecule has 182 valence electrons. The number of rotatable bonds is 9. The van der Waals surface area contributed by atoms with Gasteiger partial charge in [0.2, 0.25) is 11.8 Å². The van der Waals surface area contributed by atoms with E-state index in [1.54, 1.807) is 4.90 Å². The van der Waals surface area contributed by atoms with Crippen molar-refractivity contribution in [3.63, 3.8) is 0 Å². The van der Waals surface area contributed by atoms with Gasteiger partial charge in [-0.15, -0.1) is 0 Å². The molecule has 1 fully saturated rings. The fourth-order valence-corrected chi connectivity index (χ4v) is 4.48. The van der Waals surface area contributed by atoms with Gasteiger partial charge in [0.05, 0.1) is 0 Å². The zero-order valence-electron chi connectivity index (χ0n) is 20.0. The molecule has 3 amide bonds. The Kier molecular flexibility index (Phi) is 9.19. The predicted molar refractivity (Wildman–Crippen MR) is 130 cm³/mol. The van der Waals surface area contributed by atoms with Crippen LogP contribution in [0.1, 0.15) is 49.0 Å². The van der Waals surface area contributed by atoms with Crippen molar-refractivity contribution >= 4 is 17.7 Å². The highest BCUT2D eigenvalue weighted by molar-refractivity contribution is 5.97. The number of benzene rings is 2. The molecule has 7 heteroatoms. The summed E-state index contributed by atoms with van der Waals surface area (Å²) >= 11 is 0. The fourth-order valence-electron chi connectivity index (χ4n) is 4.48. The standard InChI is InChI=1S/C27H34FN3O3/c1-3-30(4-2)27(34)25(29-26(33)22-11-13-23(28)14-12-22)21-16-18-31(19-17-21)24(32)15-10-20-8-6-5-7-9-20/h5-9,11-14,21,25H,3-4,10,15-19H2,1-2H3,(H,29,33)/t25-/m1/s1. The molecule has 3 rings (SSSR count). The number of carbonyl (C=O) groups is 3. The van der Waals surface area contributed by atoms with Gasteiger partial charge in [0.15, 0.2) is 0 Å². The van der Waals surface area contributed by atoms with E-state index in [4.69, 9.17) is 0 Å². The number of nitrogens with zero attached hydrogens (tertiary/aromatic N) is 2. The molecule has 1 aliphatic rings. The van der Waals surface area contributed by atoms with Gasteiger partial charge in [-0.05, 0) is 68.9 Å². The van der Waals surface area contributed by atoms with Crippen LogP contribution in [0.25, 0.3) is 0 Å². The molecule has 1 N–H and O–H groups in total. The van der Waals surface area contributed by atoms with E-state index in [1.165, 1.54) is 24.3 Å². The van der Waals surface area contributed by atoms with Crippen LogP contribution in [0.5, 0.6) is 0 Å². The van der Waals surface area contributed by atoms with Crippen LogP contribution in [0.3, 0.4) is 0 Å². The SMILES string of the molecule is CCN(CC)C(=O)[C@H](NC(=O)c1ccc(F)cc1)C1CCN(C(=O)CCc2ccccc2)CC1. The third-order valence-corrected chi connectivity index (χ3v) is 6.57. The van der Waals surface area contributed by atoms with E-state index in [-0.39, 0.29) is 17.7 Å². The Morgan fingerprint density at radius 1 is 1.00 bits per heavy atom. The molecule has 0 aromatic heterocycles. The van der Waals surface area contributed by atoms with E-state index in [2.05, 4.69) is 5.32 Å². The number of hydrogen-bond acceptors (Lipinski definition) is 3. The van der Waals surface area contributed by atoms with Crippen LogP contribution in [0.15, 0.2) is 54.6 Å². The van der Waals surface area contributed by atoms with Gasteiger partial charge in [-0.25, -0.2) is 4.39 Å². The summed E-state index contributed by atoms with van der Waals surface area (Å²) in [5.41, 5.74) is 1.45. The van der Waals surface area contributed by atoms with E-state index in [9.17, 15) is 18.8 Å². The van der Waals surface area contributed by atoms with Gasteiger partial charge in [0.1, 0.15) is 11.9 Å². The van der Waals surface area contributed by atoms with Crippen LogP contribution < -0.4 is 5.32 Å². The minimum Gasteiger partial charge on any atom is -0.343 e. The monoisotopic (exact) mass is 467 g/mol. The molecule has 0 aliphatic carbocycles. The van der Waals surface area contributed by atoms with Crippen LogP contribution in [0, 0.1) is 11.7 Å². The van der Waals surface area contributed by atoms with Gasteiger partial charge in [0, 0.05) is 38.2 Å². The first-order valence-corrected chi connectivity index (χ1v) is 12.1. The summed E-state index contributed by atoms with van der Waals surface area (Å²) in [6.45, 7) is 6.05. The molecule has 2 aromatic carbocycles. The molecular weight excluding hydrogens is 433 g/mol. The lowest BCUT2D eigenvalue weighted by molar-refractivity contribution is -0.136. The van der Waals surface area contributed by atoms with Gasteiger partial charge in [-0.2, -0.15) is 0 Å². The Balaban J connectivity index is 1.63. The van der Waals surface area contributed by atoms with Gasteiger partial charge in [-0.3, -0.25) is 14.4 Å². The molecule has 0 spiro atoms. The molecule has 0 unspecified atom stereocenters. The van der Waals surface area contributed by atoms with Crippen LogP contribution in [-0.4, -0.2) is 59.7 Å². The summed E-state index contributed by atoms with van der Waals surface area (Å²) in [6.07, 6.45) is 2.44. The van der Waals surface area contributed by atoms with Crippen molar-refractivity contribution < 1.29 is 18.8 Å². The number of amides is 3. The highest BCUT2D eigenvalue weighted by Gasteiger charge is 2.35. The molecule has 6 nitrogen and oxygen atoms in total. The largest absolute Gasteiger partial charge is 0.343 e. The maximum absolute atomic E-state index is 13.3. The molecule has 1 heterocycles. The second kappa shape index (κ2) is 12.3. The van der Waals surface area contributed by atoms with Gasteiger partial charge in [0.25, 0.3) is 5.91 Å². The fraction of sp³-hybridized carbons (Fsp3) is 0.444. The Morgan fingerprint density at radius 2 is 1.62 bits per heavy atom. The zero-order valence-corrected chi connectivity index (χ0v) is 20.0. The maximum atomic E-state index is 13.3. The third-order valence-electron chi connectivity index (χ3n) is 6.57. The summed E-state index contributed by atoms with van der Waals surface area (Å²) in [5.74, 6) is -0.891. The van der Waals surface area contributed by atoms with E-state index < -0.39 is 17.8 Å². The van der Waals surface area contributed by atoms with Crippen LogP contribution in [0.2, 0.25) is 0 Å². The Morgan fingerprint density at radius 3 is 2.21 bits per heavy atom. The quantitative estimate of drug-likeness (QED) is 0.612. The highest BCUT2D eigenvalue weighted by atomic mass is 19.1. The van der Waals surface area contributed by atoms with Gasteiger partial charge in [-0.1, -0.05) is 30.3 Å². The molecule has 0 bridgehead atoms. The lowest BCUT2D eigenvalue weighted by Crippen LogP contribution is -2.54. The van der Waals surface area contributed by atoms with E-state index in [0.29, 0.717) is 57.4 Å². The molecule has 2 aromatic rings. The number of nitrogens with one attached hydrogen (secondary N) is 1. The Bertz CT molecular complexity index is 953. The topological polar surface area (TPSA) is 69.7 Å². The number of halogens is 1. The van der Waals surface area contributed by atoms with Gasteiger partial charge < -0.3 is 15.1 Å². The van der Waals surface area contributed by atoms with Crippen LogP contribution >= 0.6 is 0 Å². The first-order chi connectivity index (χ1) is 16.4. The molecule has 0 saturated carbocycles. The average Bonchev–Trinajstić information content (AvgIpc) is 2.87. The number of likely N-dealkylation sites (tertiary alicyclic amines) is 1. The van der Waals surface area contributed by atoms with Gasteiger partial charge >= 0.3 is 0 Å². The van der Waals surface area contributed by atoms with Crippen molar-refractivity contribution in [2.45, 2.75) is 45.6 Å². The summed E-state index contributed by atoms with van der Waals surface area (Å²) in [4.78, 5) is 42.4. The average molecular weight is 468 g/mol. The zero-order chi connectivity index (χ0) is 24.5. The number of hydrogen-bond donors (Lipinski definition) is 1. The number of piperidine rings is 1. The van der Waals surface area contributed by atoms with Crippen molar-refractivity contribution in [3.8, 4) is 0 Å². The first kappa shape index (κ1) is 25.4. The summed E-state index contributed by atoms with van der Waals surface area (Å²) in [7, 11) is 0. The summed E-state index contributed by atoms with van der Waals surface area (Å²) in [6, 6.07) is 14.6. The Hall–Kier alpha value is -3.22. The summed E-state index contributed by atoms with van der Waals surface area (Å²) in [5, 5.41) is 2.91. The maximum Gasteiger partial charge on any atom is 0.251 e. The second-order valence-corrected chi connectivity index (χ2v) is 8.67. The molecule has 1 aliphatic heterocycles. The number of aryl methyl sites for hydroxylation is 1. The van der Waals surface area contributed by atoms with Crippen molar-refractivity contribution in [1.29, 1.82) is 0 Å². The van der Waals surface area contributed by atoms with Crippen molar-refractivity contribution in [2.75, 3.05) is 26.2 Å². The minimum atomic E-state index is -0.681. The van der Waals surface area contributed by atoms with Crippen LogP contribution in [-0.2, 0) is 16.0 Å². The molecule has 1 saturated heterocycles. The van der Waals surface area contributed by atoms with Crippen LogP contribution in [0.4, 0.5) is 4.39 Å². The summed E-state index contributed by atoms with van der Waals surface area (Å²) < 4.78 is 13.3. The lowest BCUT2D eigenvalue weighted by atomic mass is 9.88. The van der Waals surface area contributed by atoms with E-state index in [1.807, 2.05) is 49.1 Å². The van der Waals surface area contributed by atoms with E-state index >= 15 is 0 Å². The molecule has 1 atom stereocenters. The second-order valence-electron chi connectivity index (χ2n) is 8.67. The highest BCUT2D eigenvalue weighted by Crippen LogP contribution is 2.23. The van der Waals surface area contributed by atoms with E-state index in [0.717, 1.165) is 5.56 Å². The molecule has 34 heavy (non-hydrogen) atoms. The third kappa shape index (κ3) is 6.65.